The van der Waals surface area contributed by atoms with E-state index in [1.165, 1.54) is 5.01 Å². The molecule has 1 saturated heterocycles. The Balaban J connectivity index is 0.00000225. The van der Waals surface area contributed by atoms with Crippen LogP contribution in [-0.4, -0.2) is 47.9 Å². The SMILES string of the molecule is CCc1nc(CNC(=NC)NC2CCN(C(=O)C3CC3)CC2)cs1.I. The minimum atomic E-state index is 0. The van der Waals surface area contributed by atoms with Gasteiger partial charge in [0.25, 0.3) is 0 Å². The van der Waals surface area contributed by atoms with E-state index in [1.807, 2.05) is 4.90 Å². The van der Waals surface area contributed by atoms with Crippen molar-refractivity contribution in [2.24, 2.45) is 10.9 Å². The number of aromatic nitrogens is 1. The second kappa shape index (κ2) is 9.70. The van der Waals surface area contributed by atoms with Gasteiger partial charge in [0.05, 0.1) is 17.2 Å². The van der Waals surface area contributed by atoms with Crippen LogP contribution in [0.4, 0.5) is 0 Å². The molecule has 25 heavy (non-hydrogen) atoms. The summed E-state index contributed by atoms with van der Waals surface area (Å²) in [4.78, 5) is 23.0. The summed E-state index contributed by atoms with van der Waals surface area (Å²) in [6.07, 6.45) is 5.12. The lowest BCUT2D eigenvalue weighted by atomic mass is 10.0. The van der Waals surface area contributed by atoms with Gasteiger partial charge in [0.15, 0.2) is 5.96 Å². The van der Waals surface area contributed by atoms with Crippen molar-refractivity contribution in [3.05, 3.63) is 16.1 Å². The van der Waals surface area contributed by atoms with Gasteiger partial charge >= 0.3 is 0 Å². The van der Waals surface area contributed by atoms with E-state index in [4.69, 9.17) is 0 Å². The average molecular weight is 477 g/mol. The lowest BCUT2D eigenvalue weighted by Gasteiger charge is -2.33. The van der Waals surface area contributed by atoms with Crippen LogP contribution in [0.25, 0.3) is 0 Å². The molecule has 8 heteroatoms. The van der Waals surface area contributed by atoms with E-state index in [9.17, 15) is 4.79 Å². The summed E-state index contributed by atoms with van der Waals surface area (Å²) in [6, 6.07) is 0.376. The first-order valence-corrected chi connectivity index (χ1v) is 9.76. The molecule has 2 fully saturated rings. The molecular weight excluding hydrogens is 449 g/mol. The number of carbonyl (C=O) groups excluding carboxylic acids is 1. The molecule has 3 rings (SSSR count). The Kier molecular flexibility index (Phi) is 7.92. The second-order valence-corrected chi connectivity index (χ2v) is 7.47. The molecule has 1 aliphatic carbocycles. The molecule has 2 aliphatic rings. The van der Waals surface area contributed by atoms with Crippen LogP contribution >= 0.6 is 35.3 Å². The number of rotatable bonds is 5. The molecule has 1 amide bonds. The molecule has 0 atom stereocenters. The maximum Gasteiger partial charge on any atom is 0.225 e. The lowest BCUT2D eigenvalue weighted by molar-refractivity contribution is -0.133. The van der Waals surface area contributed by atoms with E-state index in [1.54, 1.807) is 18.4 Å². The fourth-order valence-corrected chi connectivity index (χ4v) is 3.73. The normalized spacial score (nSPS) is 18.6. The van der Waals surface area contributed by atoms with Gasteiger partial charge in [-0.05, 0) is 32.1 Å². The van der Waals surface area contributed by atoms with Gasteiger partial charge in [-0.2, -0.15) is 0 Å². The maximum absolute atomic E-state index is 12.1. The number of hydrogen-bond acceptors (Lipinski definition) is 4. The number of carbonyl (C=O) groups is 1. The lowest BCUT2D eigenvalue weighted by Crippen LogP contribution is -2.49. The van der Waals surface area contributed by atoms with Crippen LogP contribution in [0.5, 0.6) is 0 Å². The van der Waals surface area contributed by atoms with Crippen LogP contribution in [0.15, 0.2) is 10.4 Å². The summed E-state index contributed by atoms with van der Waals surface area (Å²) >= 11 is 1.71. The van der Waals surface area contributed by atoms with Crippen molar-refractivity contribution in [2.45, 2.75) is 51.6 Å². The maximum atomic E-state index is 12.1. The molecule has 0 spiro atoms. The van der Waals surface area contributed by atoms with Crippen molar-refractivity contribution in [1.29, 1.82) is 0 Å². The van der Waals surface area contributed by atoms with Crippen LogP contribution in [0.3, 0.4) is 0 Å². The third-order valence-electron chi connectivity index (χ3n) is 4.64. The van der Waals surface area contributed by atoms with Gasteiger partial charge in [0, 0.05) is 37.5 Å². The predicted octanol–water partition coefficient (Wildman–Crippen LogP) is 2.39. The minimum absolute atomic E-state index is 0. The quantitative estimate of drug-likeness (QED) is 0.388. The standard InChI is InChI=1S/C17H27N5OS.HI/c1-3-15-20-14(11-24-15)10-19-17(18-2)21-13-6-8-22(9-7-13)16(23)12-4-5-12;/h11-13H,3-10H2,1-2H3,(H2,18,19,21);1H. The summed E-state index contributed by atoms with van der Waals surface area (Å²) in [5, 5.41) is 10.1. The average Bonchev–Trinajstić information content (AvgIpc) is 3.37. The Morgan fingerprint density at radius 2 is 2.08 bits per heavy atom. The number of nitrogens with zero attached hydrogens (tertiary/aromatic N) is 3. The Hall–Kier alpha value is -0.900. The Labute approximate surface area is 170 Å². The van der Waals surface area contributed by atoms with Gasteiger partial charge in [0.1, 0.15) is 0 Å². The van der Waals surface area contributed by atoms with Gasteiger partial charge in [-0.1, -0.05) is 6.92 Å². The number of piperidine rings is 1. The number of halogens is 1. The highest BCUT2D eigenvalue weighted by molar-refractivity contribution is 14.0. The number of amides is 1. The van der Waals surface area contributed by atoms with Crippen LogP contribution < -0.4 is 10.6 Å². The van der Waals surface area contributed by atoms with Crippen molar-refractivity contribution in [2.75, 3.05) is 20.1 Å². The molecule has 0 bridgehead atoms. The molecular formula is C17H28IN5OS. The summed E-state index contributed by atoms with van der Waals surface area (Å²) in [5.41, 5.74) is 1.06. The Morgan fingerprint density at radius 1 is 1.36 bits per heavy atom. The Bertz CT molecular complexity index is 594. The number of nitrogens with one attached hydrogen (secondary N) is 2. The third kappa shape index (κ3) is 5.80. The zero-order valence-electron chi connectivity index (χ0n) is 15.0. The van der Waals surface area contributed by atoms with E-state index >= 15 is 0 Å². The van der Waals surface area contributed by atoms with Gasteiger partial charge in [-0.25, -0.2) is 4.98 Å². The third-order valence-corrected chi connectivity index (χ3v) is 5.68. The molecule has 0 radical (unpaired) electrons. The van der Waals surface area contributed by atoms with Crippen LogP contribution in [0, 0.1) is 5.92 Å². The zero-order chi connectivity index (χ0) is 16.9. The van der Waals surface area contributed by atoms with Crippen molar-refractivity contribution in [1.82, 2.24) is 20.5 Å². The van der Waals surface area contributed by atoms with Crippen molar-refractivity contribution >= 4 is 47.2 Å². The molecule has 6 nitrogen and oxygen atoms in total. The Morgan fingerprint density at radius 3 is 2.64 bits per heavy atom. The highest BCUT2D eigenvalue weighted by Gasteiger charge is 2.34. The molecule has 1 aromatic rings. The highest BCUT2D eigenvalue weighted by atomic mass is 127. The number of thiazole rings is 1. The molecule has 140 valence electrons. The summed E-state index contributed by atoms with van der Waals surface area (Å²) in [7, 11) is 1.79. The van der Waals surface area contributed by atoms with E-state index < -0.39 is 0 Å². The van der Waals surface area contributed by atoms with Gasteiger partial charge in [-0.15, -0.1) is 35.3 Å². The van der Waals surface area contributed by atoms with Crippen LogP contribution in [-0.2, 0) is 17.8 Å². The molecule has 1 saturated carbocycles. The van der Waals surface area contributed by atoms with Crippen molar-refractivity contribution in [3.8, 4) is 0 Å². The van der Waals surface area contributed by atoms with Gasteiger partial charge < -0.3 is 15.5 Å². The van der Waals surface area contributed by atoms with Crippen LogP contribution in [0.2, 0.25) is 0 Å². The van der Waals surface area contributed by atoms with E-state index in [2.05, 4.69) is 32.9 Å². The summed E-state index contributed by atoms with van der Waals surface area (Å²) in [5.74, 6) is 1.51. The predicted molar refractivity (Wildman–Crippen MR) is 113 cm³/mol. The molecule has 1 aromatic heterocycles. The largest absolute Gasteiger partial charge is 0.354 e. The van der Waals surface area contributed by atoms with Gasteiger partial charge in [-0.3, -0.25) is 9.79 Å². The fraction of sp³-hybridized carbons (Fsp3) is 0.706. The molecule has 2 heterocycles. The van der Waals surface area contributed by atoms with E-state index in [-0.39, 0.29) is 24.0 Å². The first-order valence-electron chi connectivity index (χ1n) is 8.88. The first kappa shape index (κ1) is 20.4. The number of guanidine groups is 1. The van der Waals surface area contributed by atoms with Crippen LogP contribution in [0.1, 0.15) is 43.3 Å². The van der Waals surface area contributed by atoms with Crippen molar-refractivity contribution in [3.63, 3.8) is 0 Å². The molecule has 1 aliphatic heterocycles. The first-order chi connectivity index (χ1) is 11.7. The van der Waals surface area contributed by atoms with Gasteiger partial charge in [0.2, 0.25) is 5.91 Å². The minimum Gasteiger partial charge on any atom is -0.354 e. The second-order valence-electron chi connectivity index (χ2n) is 6.53. The number of likely N-dealkylation sites (tertiary alicyclic amines) is 1. The molecule has 2 N–H and O–H groups in total. The summed E-state index contributed by atoms with van der Waals surface area (Å²) < 4.78 is 0. The number of hydrogen-bond donors (Lipinski definition) is 2. The number of aryl methyl sites for hydroxylation is 1. The summed E-state index contributed by atoms with van der Waals surface area (Å²) in [6.45, 7) is 4.53. The topological polar surface area (TPSA) is 69.6 Å². The number of aliphatic imine (C=N–C) groups is 1. The monoisotopic (exact) mass is 477 g/mol. The van der Waals surface area contributed by atoms with Crippen molar-refractivity contribution < 1.29 is 4.79 Å². The van der Waals surface area contributed by atoms with E-state index in [0.717, 1.165) is 56.8 Å². The molecule has 0 aromatic carbocycles. The smallest absolute Gasteiger partial charge is 0.225 e. The molecule has 0 unspecified atom stereocenters. The fourth-order valence-electron chi connectivity index (χ4n) is 2.99. The zero-order valence-corrected chi connectivity index (χ0v) is 18.1. The highest BCUT2D eigenvalue weighted by Crippen LogP contribution is 2.31. The van der Waals surface area contributed by atoms with E-state index in [0.29, 0.717) is 24.4 Å².